The zero-order valence-electron chi connectivity index (χ0n) is 12.1. The molecule has 0 spiro atoms. The molecule has 0 saturated carbocycles. The van der Waals surface area contributed by atoms with Gasteiger partial charge in [-0.15, -0.1) is 0 Å². The SMILES string of the molecule is C[SiH](C)O[Si](C)(CCC(C)(F)F)O[Si](C)(C)C. The molecule has 0 radical (unpaired) electrons. The normalized spacial score (nSPS) is 17.3. The Morgan fingerprint density at radius 2 is 1.59 bits per heavy atom. The highest BCUT2D eigenvalue weighted by molar-refractivity contribution is 6.84. The van der Waals surface area contributed by atoms with Gasteiger partial charge in [0.1, 0.15) is 0 Å². The average Bonchev–Trinajstić information content (AvgIpc) is 1.94. The Bertz CT molecular complexity index is 239. The fourth-order valence-corrected chi connectivity index (χ4v) is 13.3. The first-order chi connectivity index (χ1) is 7.33. The van der Waals surface area contributed by atoms with Crippen molar-refractivity contribution in [3.05, 3.63) is 0 Å². The molecular formula is C10H26F2O2Si3. The van der Waals surface area contributed by atoms with E-state index in [0.717, 1.165) is 6.92 Å². The lowest BCUT2D eigenvalue weighted by molar-refractivity contribution is 0.0162. The lowest BCUT2D eigenvalue weighted by Crippen LogP contribution is -2.49. The Kier molecular flexibility index (Phi) is 6.20. The van der Waals surface area contributed by atoms with Gasteiger partial charge in [0.05, 0.1) is 0 Å². The third kappa shape index (κ3) is 10.1. The highest BCUT2D eigenvalue weighted by Crippen LogP contribution is 2.28. The number of hydrogen-bond donors (Lipinski definition) is 0. The van der Waals surface area contributed by atoms with E-state index in [9.17, 15) is 8.78 Å². The minimum Gasteiger partial charge on any atom is -0.439 e. The van der Waals surface area contributed by atoms with Gasteiger partial charge < -0.3 is 8.23 Å². The summed E-state index contributed by atoms with van der Waals surface area (Å²) in [6.45, 7) is 13.2. The van der Waals surface area contributed by atoms with Gasteiger partial charge in [0, 0.05) is 6.42 Å². The van der Waals surface area contributed by atoms with Gasteiger partial charge in [-0.2, -0.15) is 0 Å². The fraction of sp³-hybridized carbons (Fsp3) is 1.00. The van der Waals surface area contributed by atoms with Crippen molar-refractivity contribution in [2.45, 2.75) is 64.6 Å². The standard InChI is InChI=1S/C10H26F2O2Si3/c1-10(11,12)8-9-17(7,13-15(2)3)14-16(4,5)6/h15H,8-9H2,1-7H3. The van der Waals surface area contributed by atoms with Crippen LogP contribution in [0.5, 0.6) is 0 Å². The van der Waals surface area contributed by atoms with Crippen LogP contribution in [0.25, 0.3) is 0 Å². The number of halogens is 2. The van der Waals surface area contributed by atoms with E-state index in [1.165, 1.54) is 0 Å². The zero-order chi connectivity index (χ0) is 13.9. The number of alkyl halides is 2. The lowest BCUT2D eigenvalue weighted by atomic mass is 10.3. The second-order valence-electron chi connectivity index (χ2n) is 6.09. The van der Waals surface area contributed by atoms with Crippen LogP contribution in [0.4, 0.5) is 8.78 Å². The van der Waals surface area contributed by atoms with Crippen molar-refractivity contribution < 1.29 is 17.0 Å². The highest BCUT2D eigenvalue weighted by Gasteiger charge is 2.39. The third-order valence-electron chi connectivity index (χ3n) is 2.03. The molecule has 0 heterocycles. The van der Waals surface area contributed by atoms with Crippen molar-refractivity contribution in [2.24, 2.45) is 0 Å². The monoisotopic (exact) mass is 300 g/mol. The Morgan fingerprint density at radius 1 is 1.12 bits per heavy atom. The van der Waals surface area contributed by atoms with Crippen LogP contribution in [0, 0.1) is 0 Å². The number of rotatable bonds is 7. The molecule has 104 valence electrons. The van der Waals surface area contributed by atoms with E-state index in [0.29, 0.717) is 6.04 Å². The maximum Gasteiger partial charge on any atom is 0.314 e. The minimum atomic E-state index is -2.63. The van der Waals surface area contributed by atoms with E-state index in [4.69, 9.17) is 8.23 Å². The average molecular weight is 301 g/mol. The van der Waals surface area contributed by atoms with E-state index in [-0.39, 0.29) is 6.42 Å². The molecule has 7 heteroatoms. The van der Waals surface area contributed by atoms with Crippen LogP contribution < -0.4 is 0 Å². The summed E-state index contributed by atoms with van der Waals surface area (Å²) in [5.74, 6) is -2.63. The molecule has 17 heavy (non-hydrogen) atoms. The zero-order valence-corrected chi connectivity index (χ0v) is 15.2. The molecule has 0 amide bonds. The van der Waals surface area contributed by atoms with E-state index in [1.54, 1.807) is 0 Å². The predicted molar refractivity (Wildman–Crippen MR) is 76.1 cm³/mol. The van der Waals surface area contributed by atoms with Crippen LogP contribution in [0.1, 0.15) is 13.3 Å². The smallest absolute Gasteiger partial charge is 0.314 e. The quantitative estimate of drug-likeness (QED) is 0.663. The van der Waals surface area contributed by atoms with Gasteiger partial charge in [0.15, 0.2) is 17.4 Å². The topological polar surface area (TPSA) is 18.5 Å². The number of hydrogen-bond acceptors (Lipinski definition) is 2. The maximum absolute atomic E-state index is 13.0. The summed E-state index contributed by atoms with van der Waals surface area (Å²) < 4.78 is 38.0. The van der Waals surface area contributed by atoms with Crippen molar-refractivity contribution in [1.82, 2.24) is 0 Å². The van der Waals surface area contributed by atoms with Gasteiger partial charge in [-0.3, -0.25) is 0 Å². The molecule has 2 nitrogen and oxygen atoms in total. The van der Waals surface area contributed by atoms with Crippen LogP contribution in [0.2, 0.25) is 45.3 Å². The summed E-state index contributed by atoms with van der Waals surface area (Å²) in [7, 11) is -5.41. The predicted octanol–water partition coefficient (Wildman–Crippen LogP) is 3.96. The third-order valence-corrected chi connectivity index (χ3v) is 11.2. The first kappa shape index (κ1) is 17.4. The maximum atomic E-state index is 13.0. The van der Waals surface area contributed by atoms with Gasteiger partial charge in [-0.1, -0.05) is 0 Å². The molecule has 0 N–H and O–H groups in total. The lowest BCUT2D eigenvalue weighted by Gasteiger charge is -2.36. The van der Waals surface area contributed by atoms with Gasteiger partial charge in [-0.05, 0) is 52.2 Å². The molecule has 0 aromatic carbocycles. The molecule has 0 aromatic heterocycles. The van der Waals surface area contributed by atoms with Crippen LogP contribution in [0.3, 0.4) is 0 Å². The summed E-state index contributed by atoms with van der Waals surface area (Å²) in [6.07, 6.45) is -0.138. The first-order valence-corrected chi connectivity index (χ1v) is 14.8. The Labute approximate surface area is 108 Å². The molecular weight excluding hydrogens is 274 g/mol. The molecule has 0 aliphatic rings. The summed E-state index contributed by atoms with van der Waals surface area (Å²) in [6, 6.07) is 0.381. The van der Waals surface area contributed by atoms with Crippen LogP contribution >= 0.6 is 0 Å². The van der Waals surface area contributed by atoms with Crippen molar-refractivity contribution in [2.75, 3.05) is 0 Å². The summed E-state index contributed by atoms with van der Waals surface area (Å²) in [4.78, 5) is 0. The molecule has 1 atom stereocenters. The van der Waals surface area contributed by atoms with E-state index in [2.05, 4.69) is 32.7 Å². The molecule has 0 aromatic rings. The van der Waals surface area contributed by atoms with E-state index in [1.807, 2.05) is 6.55 Å². The van der Waals surface area contributed by atoms with Crippen molar-refractivity contribution in [3.8, 4) is 0 Å². The summed E-state index contributed by atoms with van der Waals surface area (Å²) in [5, 5.41) is 0. The molecule has 0 fully saturated rings. The molecule has 1 unspecified atom stereocenters. The second-order valence-corrected chi connectivity index (χ2v) is 16.9. The minimum absolute atomic E-state index is 0.138. The first-order valence-electron chi connectivity index (χ1n) is 6.09. The highest BCUT2D eigenvalue weighted by atomic mass is 28.5. The largest absolute Gasteiger partial charge is 0.439 e. The van der Waals surface area contributed by atoms with Crippen LogP contribution in [-0.2, 0) is 8.23 Å². The van der Waals surface area contributed by atoms with E-state index < -0.39 is 31.8 Å². The molecule has 0 saturated heterocycles. The van der Waals surface area contributed by atoms with Gasteiger partial charge in [-0.25, -0.2) is 8.78 Å². The van der Waals surface area contributed by atoms with Gasteiger partial charge in [0.2, 0.25) is 5.92 Å². The molecule has 0 aliphatic heterocycles. The Balaban J connectivity index is 4.61. The molecule has 0 bridgehead atoms. The Morgan fingerprint density at radius 3 is 1.88 bits per heavy atom. The van der Waals surface area contributed by atoms with Crippen molar-refractivity contribution >= 4 is 25.9 Å². The van der Waals surface area contributed by atoms with Gasteiger partial charge >= 0.3 is 8.56 Å². The molecule has 0 aliphatic carbocycles. The van der Waals surface area contributed by atoms with E-state index >= 15 is 0 Å². The second kappa shape index (κ2) is 6.05. The fourth-order valence-electron chi connectivity index (χ4n) is 1.73. The Hall–Kier alpha value is 0.431. The van der Waals surface area contributed by atoms with Gasteiger partial charge in [0.25, 0.3) is 0 Å². The van der Waals surface area contributed by atoms with Crippen molar-refractivity contribution in [3.63, 3.8) is 0 Å². The van der Waals surface area contributed by atoms with Crippen LogP contribution in [0.15, 0.2) is 0 Å². The van der Waals surface area contributed by atoms with Crippen LogP contribution in [-0.4, -0.2) is 31.8 Å². The molecule has 0 rings (SSSR count). The summed E-state index contributed by atoms with van der Waals surface area (Å²) in [5.41, 5.74) is 0. The van der Waals surface area contributed by atoms with Crippen molar-refractivity contribution in [1.29, 1.82) is 0 Å². The summed E-state index contributed by atoms with van der Waals surface area (Å²) >= 11 is 0.